The first-order chi connectivity index (χ1) is 9.15. The predicted octanol–water partition coefficient (Wildman–Crippen LogP) is 2.99. The molecule has 2 fully saturated rings. The number of rotatable bonds is 1. The molecule has 0 radical (unpaired) electrons. The van der Waals surface area contributed by atoms with Gasteiger partial charge in [0.1, 0.15) is 0 Å². The van der Waals surface area contributed by atoms with E-state index in [9.17, 15) is 0 Å². The Balaban J connectivity index is 1.85. The Hall–Kier alpha value is -0.930. The minimum absolute atomic E-state index is 0.495. The van der Waals surface area contributed by atoms with Crippen molar-refractivity contribution in [1.29, 1.82) is 0 Å². The molecule has 0 aliphatic carbocycles. The Bertz CT molecular complexity index is 463. The lowest BCUT2D eigenvalue weighted by molar-refractivity contribution is 0.115. The minimum atomic E-state index is 0.495. The molecule has 3 rings (SSSR count). The van der Waals surface area contributed by atoms with Gasteiger partial charge in [0.05, 0.1) is 11.4 Å². The summed E-state index contributed by atoms with van der Waals surface area (Å²) in [6, 6.07) is 6.96. The van der Waals surface area contributed by atoms with Crippen molar-refractivity contribution in [3.05, 3.63) is 23.2 Å². The molecule has 2 saturated heterocycles. The van der Waals surface area contributed by atoms with Crippen molar-refractivity contribution in [2.75, 3.05) is 30.3 Å². The van der Waals surface area contributed by atoms with Gasteiger partial charge in [0.25, 0.3) is 0 Å². The Kier molecular flexibility index (Phi) is 3.59. The summed E-state index contributed by atoms with van der Waals surface area (Å²) >= 11 is 6.13. The molecule has 19 heavy (non-hydrogen) atoms. The zero-order valence-electron chi connectivity index (χ0n) is 11.5. The second kappa shape index (κ2) is 5.22. The molecule has 2 N–H and O–H groups in total. The number of piperidine rings is 1. The fourth-order valence-electron chi connectivity index (χ4n) is 3.45. The van der Waals surface area contributed by atoms with Crippen molar-refractivity contribution >= 4 is 23.0 Å². The lowest BCUT2D eigenvalue weighted by Gasteiger charge is -2.48. The first-order valence-electron chi connectivity index (χ1n) is 7.21. The molecule has 1 aromatic rings. The Labute approximate surface area is 120 Å². The number of nitrogens with two attached hydrogens (primary N) is 1. The van der Waals surface area contributed by atoms with E-state index in [1.807, 2.05) is 18.2 Å². The normalized spacial score (nSPS) is 28.2. The van der Waals surface area contributed by atoms with E-state index in [0.29, 0.717) is 12.1 Å². The van der Waals surface area contributed by atoms with Crippen LogP contribution in [0.5, 0.6) is 0 Å². The SMILES string of the molecule is CC1CN2CCCCC2CN1c1cc(Cl)ccc1N. The molecule has 0 bridgehead atoms. The Morgan fingerprint density at radius 1 is 1.26 bits per heavy atom. The maximum atomic E-state index is 6.14. The maximum Gasteiger partial charge on any atom is 0.0618 e. The van der Waals surface area contributed by atoms with E-state index in [2.05, 4.69) is 16.7 Å². The second-order valence-electron chi connectivity index (χ2n) is 5.85. The number of nitrogen functional groups attached to an aromatic ring is 1. The standard InChI is InChI=1S/C15H22ClN3/c1-11-9-18-7-3-2-4-13(18)10-19(11)15-8-12(16)5-6-14(15)17/h5-6,8,11,13H,2-4,7,9-10,17H2,1H3. The van der Waals surface area contributed by atoms with E-state index in [0.717, 1.165) is 29.5 Å². The van der Waals surface area contributed by atoms with E-state index in [1.54, 1.807) is 0 Å². The van der Waals surface area contributed by atoms with Crippen LogP contribution in [0.15, 0.2) is 18.2 Å². The van der Waals surface area contributed by atoms with Crippen molar-refractivity contribution in [2.24, 2.45) is 0 Å². The summed E-state index contributed by atoms with van der Waals surface area (Å²) in [5.74, 6) is 0. The van der Waals surface area contributed by atoms with Crippen LogP contribution in [0.2, 0.25) is 5.02 Å². The van der Waals surface area contributed by atoms with Gasteiger partial charge in [0.2, 0.25) is 0 Å². The molecule has 3 nitrogen and oxygen atoms in total. The molecule has 4 heteroatoms. The molecule has 2 aliphatic rings. The van der Waals surface area contributed by atoms with Gasteiger partial charge in [-0.3, -0.25) is 4.90 Å². The smallest absolute Gasteiger partial charge is 0.0618 e. The summed E-state index contributed by atoms with van der Waals surface area (Å²) in [6.45, 7) is 5.75. The number of benzene rings is 1. The van der Waals surface area contributed by atoms with Gasteiger partial charge >= 0.3 is 0 Å². The van der Waals surface area contributed by atoms with Crippen molar-refractivity contribution < 1.29 is 0 Å². The van der Waals surface area contributed by atoms with Crippen LogP contribution >= 0.6 is 11.6 Å². The molecule has 2 aliphatic heterocycles. The van der Waals surface area contributed by atoms with Gasteiger partial charge in [-0.2, -0.15) is 0 Å². The molecular formula is C15H22ClN3. The van der Waals surface area contributed by atoms with Gasteiger partial charge in [0, 0.05) is 30.2 Å². The number of hydrogen-bond acceptors (Lipinski definition) is 3. The molecule has 2 unspecified atom stereocenters. The molecule has 104 valence electrons. The van der Waals surface area contributed by atoms with Crippen molar-refractivity contribution in [3.63, 3.8) is 0 Å². The molecule has 0 spiro atoms. The Morgan fingerprint density at radius 2 is 2.11 bits per heavy atom. The summed E-state index contributed by atoms with van der Waals surface area (Å²) in [5.41, 5.74) is 8.07. The van der Waals surface area contributed by atoms with Gasteiger partial charge in [0.15, 0.2) is 0 Å². The van der Waals surface area contributed by atoms with Gasteiger partial charge in [-0.05, 0) is 44.5 Å². The second-order valence-corrected chi connectivity index (χ2v) is 6.29. The van der Waals surface area contributed by atoms with Gasteiger partial charge in [-0.15, -0.1) is 0 Å². The van der Waals surface area contributed by atoms with Gasteiger partial charge in [-0.25, -0.2) is 0 Å². The molecule has 2 atom stereocenters. The van der Waals surface area contributed by atoms with E-state index in [1.165, 1.54) is 25.8 Å². The monoisotopic (exact) mass is 279 g/mol. The fourth-order valence-corrected chi connectivity index (χ4v) is 3.62. The highest BCUT2D eigenvalue weighted by Gasteiger charge is 2.33. The minimum Gasteiger partial charge on any atom is -0.397 e. The molecule has 2 heterocycles. The summed E-state index contributed by atoms with van der Waals surface area (Å²) in [7, 11) is 0. The van der Waals surface area contributed by atoms with E-state index in [-0.39, 0.29) is 0 Å². The summed E-state index contributed by atoms with van der Waals surface area (Å²) in [6.07, 6.45) is 4.01. The highest BCUT2D eigenvalue weighted by molar-refractivity contribution is 6.31. The number of fused-ring (bicyclic) bond motifs is 1. The van der Waals surface area contributed by atoms with Crippen molar-refractivity contribution in [1.82, 2.24) is 4.90 Å². The van der Waals surface area contributed by atoms with Crippen LogP contribution in [0.25, 0.3) is 0 Å². The fraction of sp³-hybridized carbons (Fsp3) is 0.600. The van der Waals surface area contributed by atoms with Crippen LogP contribution in [0.1, 0.15) is 26.2 Å². The molecule has 1 aromatic carbocycles. The third-order valence-corrected chi connectivity index (χ3v) is 4.72. The number of piperazine rings is 1. The summed E-state index contributed by atoms with van der Waals surface area (Å²) < 4.78 is 0. The zero-order chi connectivity index (χ0) is 13.4. The lowest BCUT2D eigenvalue weighted by atomic mass is 9.96. The number of halogens is 1. The Morgan fingerprint density at radius 3 is 2.95 bits per heavy atom. The van der Waals surface area contributed by atoms with Crippen molar-refractivity contribution in [3.8, 4) is 0 Å². The van der Waals surface area contributed by atoms with Crippen molar-refractivity contribution in [2.45, 2.75) is 38.3 Å². The zero-order valence-corrected chi connectivity index (χ0v) is 12.2. The molecule has 0 amide bonds. The third kappa shape index (κ3) is 2.54. The topological polar surface area (TPSA) is 32.5 Å². The number of anilines is 2. The average molecular weight is 280 g/mol. The highest BCUT2D eigenvalue weighted by Crippen LogP contribution is 2.33. The average Bonchev–Trinajstić information content (AvgIpc) is 2.41. The highest BCUT2D eigenvalue weighted by atomic mass is 35.5. The van der Waals surface area contributed by atoms with Crippen LogP contribution < -0.4 is 10.6 Å². The van der Waals surface area contributed by atoms with Crippen LogP contribution in [-0.2, 0) is 0 Å². The summed E-state index contributed by atoms with van der Waals surface area (Å²) in [4.78, 5) is 5.08. The number of hydrogen-bond donors (Lipinski definition) is 1. The lowest BCUT2D eigenvalue weighted by Crippen LogP contribution is -2.59. The molecule has 0 saturated carbocycles. The predicted molar refractivity (Wildman–Crippen MR) is 81.9 cm³/mol. The number of nitrogens with zero attached hydrogens (tertiary/aromatic N) is 2. The van der Waals surface area contributed by atoms with E-state index < -0.39 is 0 Å². The van der Waals surface area contributed by atoms with Gasteiger partial charge < -0.3 is 10.6 Å². The van der Waals surface area contributed by atoms with Crippen LogP contribution in [0.3, 0.4) is 0 Å². The maximum absolute atomic E-state index is 6.14. The van der Waals surface area contributed by atoms with Crippen LogP contribution in [-0.4, -0.2) is 36.6 Å². The van der Waals surface area contributed by atoms with Gasteiger partial charge in [-0.1, -0.05) is 18.0 Å². The largest absolute Gasteiger partial charge is 0.397 e. The summed E-state index contributed by atoms with van der Waals surface area (Å²) in [5, 5.41) is 0.766. The third-order valence-electron chi connectivity index (χ3n) is 4.49. The van der Waals surface area contributed by atoms with E-state index >= 15 is 0 Å². The first-order valence-corrected chi connectivity index (χ1v) is 7.58. The quantitative estimate of drug-likeness (QED) is 0.802. The molecular weight excluding hydrogens is 258 g/mol. The van der Waals surface area contributed by atoms with Crippen LogP contribution in [0.4, 0.5) is 11.4 Å². The molecule has 0 aromatic heterocycles. The first kappa shape index (κ1) is 13.1. The van der Waals surface area contributed by atoms with Crippen LogP contribution in [0, 0.1) is 0 Å². The van der Waals surface area contributed by atoms with E-state index in [4.69, 9.17) is 17.3 Å².